The average Bonchev–Trinajstić information content (AvgIpc) is 3.22. The molecule has 3 rings (SSSR count). The SMILES string of the molecule is COc1ccc(/C=C/c2nc(C3(N)CCCC3)no2)c(OC)c1. The van der Waals surface area contributed by atoms with Crippen LogP contribution >= 0.6 is 0 Å². The van der Waals surface area contributed by atoms with Crippen LogP contribution in [0, 0.1) is 0 Å². The fourth-order valence-electron chi connectivity index (χ4n) is 2.85. The van der Waals surface area contributed by atoms with E-state index in [9.17, 15) is 0 Å². The molecule has 6 nitrogen and oxygen atoms in total. The number of nitrogens with two attached hydrogens (primary N) is 1. The van der Waals surface area contributed by atoms with Crippen LogP contribution in [0.25, 0.3) is 12.2 Å². The maximum absolute atomic E-state index is 6.34. The Morgan fingerprint density at radius 3 is 2.65 bits per heavy atom. The highest BCUT2D eigenvalue weighted by molar-refractivity contribution is 5.70. The highest BCUT2D eigenvalue weighted by Crippen LogP contribution is 2.34. The van der Waals surface area contributed by atoms with Gasteiger partial charge in [-0.2, -0.15) is 4.98 Å². The summed E-state index contributed by atoms with van der Waals surface area (Å²) in [5.41, 5.74) is 6.80. The average molecular weight is 315 g/mol. The van der Waals surface area contributed by atoms with E-state index in [1.807, 2.05) is 24.3 Å². The summed E-state index contributed by atoms with van der Waals surface area (Å²) in [6, 6.07) is 5.61. The number of aromatic nitrogens is 2. The second kappa shape index (κ2) is 6.42. The number of hydrogen-bond donors (Lipinski definition) is 1. The molecule has 0 spiro atoms. The quantitative estimate of drug-likeness (QED) is 0.913. The normalized spacial score (nSPS) is 16.8. The van der Waals surface area contributed by atoms with Crippen molar-refractivity contribution in [1.29, 1.82) is 0 Å². The fraction of sp³-hybridized carbons (Fsp3) is 0.412. The molecule has 0 aliphatic heterocycles. The van der Waals surface area contributed by atoms with Crippen molar-refractivity contribution in [2.75, 3.05) is 14.2 Å². The topological polar surface area (TPSA) is 83.4 Å². The largest absolute Gasteiger partial charge is 0.497 e. The zero-order valence-electron chi connectivity index (χ0n) is 13.4. The third-order valence-electron chi connectivity index (χ3n) is 4.23. The van der Waals surface area contributed by atoms with Gasteiger partial charge in [0.25, 0.3) is 5.89 Å². The van der Waals surface area contributed by atoms with Gasteiger partial charge in [-0.3, -0.25) is 0 Å². The molecule has 0 radical (unpaired) electrons. The summed E-state index contributed by atoms with van der Waals surface area (Å²) in [5, 5.41) is 4.04. The maximum Gasteiger partial charge on any atom is 0.250 e. The van der Waals surface area contributed by atoms with Gasteiger partial charge in [-0.1, -0.05) is 18.0 Å². The van der Waals surface area contributed by atoms with E-state index in [1.54, 1.807) is 20.3 Å². The fourth-order valence-corrected chi connectivity index (χ4v) is 2.85. The van der Waals surface area contributed by atoms with E-state index in [-0.39, 0.29) is 0 Å². The molecule has 1 saturated carbocycles. The molecule has 122 valence electrons. The van der Waals surface area contributed by atoms with Gasteiger partial charge in [0.05, 0.1) is 19.8 Å². The number of rotatable bonds is 5. The van der Waals surface area contributed by atoms with Gasteiger partial charge in [-0.05, 0) is 31.1 Å². The smallest absolute Gasteiger partial charge is 0.250 e. The van der Waals surface area contributed by atoms with Crippen LogP contribution in [0.3, 0.4) is 0 Å². The van der Waals surface area contributed by atoms with Crippen LogP contribution in [0.15, 0.2) is 22.7 Å². The third-order valence-corrected chi connectivity index (χ3v) is 4.23. The first-order chi connectivity index (χ1) is 11.1. The van der Waals surface area contributed by atoms with E-state index in [2.05, 4.69) is 10.1 Å². The number of ether oxygens (including phenoxy) is 2. The second-order valence-electron chi connectivity index (χ2n) is 5.76. The zero-order valence-corrected chi connectivity index (χ0v) is 13.4. The molecule has 0 bridgehead atoms. The van der Waals surface area contributed by atoms with Crippen molar-refractivity contribution in [2.24, 2.45) is 5.73 Å². The van der Waals surface area contributed by atoms with Gasteiger partial charge in [0.1, 0.15) is 11.5 Å². The van der Waals surface area contributed by atoms with Gasteiger partial charge in [-0.15, -0.1) is 0 Å². The molecule has 2 aromatic rings. The Labute approximate surface area is 135 Å². The molecular weight excluding hydrogens is 294 g/mol. The van der Waals surface area contributed by atoms with Crippen LogP contribution < -0.4 is 15.2 Å². The van der Waals surface area contributed by atoms with E-state index >= 15 is 0 Å². The summed E-state index contributed by atoms with van der Waals surface area (Å²) in [7, 11) is 3.24. The lowest BCUT2D eigenvalue weighted by molar-refractivity contribution is 0.364. The van der Waals surface area contributed by atoms with Crippen LogP contribution in [0.5, 0.6) is 11.5 Å². The second-order valence-corrected chi connectivity index (χ2v) is 5.76. The lowest BCUT2D eigenvalue weighted by Gasteiger charge is -2.17. The lowest BCUT2D eigenvalue weighted by Crippen LogP contribution is -2.34. The van der Waals surface area contributed by atoms with Crippen molar-refractivity contribution in [2.45, 2.75) is 31.2 Å². The molecule has 6 heteroatoms. The number of hydrogen-bond acceptors (Lipinski definition) is 6. The molecule has 0 atom stereocenters. The predicted octanol–water partition coefficient (Wildman–Crippen LogP) is 2.99. The van der Waals surface area contributed by atoms with Gasteiger partial charge in [0.2, 0.25) is 0 Å². The highest BCUT2D eigenvalue weighted by Gasteiger charge is 2.35. The molecule has 2 N–H and O–H groups in total. The standard InChI is InChI=1S/C17H21N3O3/c1-21-13-7-5-12(14(11-13)22-2)6-8-15-19-16(20-23-15)17(18)9-3-4-10-17/h5-8,11H,3-4,9-10,18H2,1-2H3/b8-6+. The molecule has 1 aromatic carbocycles. The molecule has 1 fully saturated rings. The molecule has 1 aliphatic carbocycles. The minimum atomic E-state index is -0.437. The minimum absolute atomic E-state index is 0.437. The number of methoxy groups -OCH3 is 2. The zero-order chi connectivity index (χ0) is 16.3. The summed E-state index contributed by atoms with van der Waals surface area (Å²) in [4.78, 5) is 4.41. The molecular formula is C17H21N3O3. The maximum atomic E-state index is 6.34. The van der Waals surface area contributed by atoms with Crippen molar-refractivity contribution in [3.05, 3.63) is 35.5 Å². The first kappa shape index (κ1) is 15.6. The summed E-state index contributed by atoms with van der Waals surface area (Å²) < 4.78 is 15.8. The predicted molar refractivity (Wildman–Crippen MR) is 87.1 cm³/mol. The van der Waals surface area contributed by atoms with Gasteiger partial charge in [0.15, 0.2) is 5.82 Å². The van der Waals surface area contributed by atoms with Crippen LogP contribution in [-0.4, -0.2) is 24.4 Å². The highest BCUT2D eigenvalue weighted by atomic mass is 16.5. The third kappa shape index (κ3) is 3.22. The molecule has 1 heterocycles. The summed E-state index contributed by atoms with van der Waals surface area (Å²) in [6.45, 7) is 0. The van der Waals surface area contributed by atoms with Crippen molar-refractivity contribution in [3.8, 4) is 11.5 Å². The van der Waals surface area contributed by atoms with Gasteiger partial charge in [0, 0.05) is 17.7 Å². The first-order valence-corrected chi connectivity index (χ1v) is 7.68. The Bertz CT molecular complexity index is 703. The number of benzene rings is 1. The van der Waals surface area contributed by atoms with E-state index in [0.717, 1.165) is 37.0 Å². The molecule has 0 amide bonds. The van der Waals surface area contributed by atoms with E-state index < -0.39 is 5.54 Å². The van der Waals surface area contributed by atoms with Crippen LogP contribution in [-0.2, 0) is 5.54 Å². The van der Waals surface area contributed by atoms with Gasteiger partial charge >= 0.3 is 0 Å². The Kier molecular flexibility index (Phi) is 4.34. The summed E-state index contributed by atoms with van der Waals surface area (Å²) >= 11 is 0. The Balaban J connectivity index is 1.79. The van der Waals surface area contributed by atoms with Crippen molar-refractivity contribution in [1.82, 2.24) is 10.1 Å². The molecule has 1 aromatic heterocycles. The molecule has 23 heavy (non-hydrogen) atoms. The molecule has 0 unspecified atom stereocenters. The first-order valence-electron chi connectivity index (χ1n) is 7.68. The Hall–Kier alpha value is -2.34. The van der Waals surface area contributed by atoms with E-state index in [1.165, 1.54) is 0 Å². The number of nitrogens with zero attached hydrogens (tertiary/aromatic N) is 2. The lowest BCUT2D eigenvalue weighted by atomic mass is 9.99. The van der Waals surface area contributed by atoms with Crippen LogP contribution in [0.2, 0.25) is 0 Å². The van der Waals surface area contributed by atoms with Crippen LogP contribution in [0.4, 0.5) is 0 Å². The van der Waals surface area contributed by atoms with E-state index in [4.69, 9.17) is 19.7 Å². The molecule has 0 saturated heterocycles. The van der Waals surface area contributed by atoms with Crippen molar-refractivity contribution < 1.29 is 14.0 Å². The van der Waals surface area contributed by atoms with Crippen molar-refractivity contribution >= 4 is 12.2 Å². The Morgan fingerprint density at radius 2 is 1.96 bits per heavy atom. The minimum Gasteiger partial charge on any atom is -0.497 e. The summed E-state index contributed by atoms with van der Waals surface area (Å²) in [6.07, 6.45) is 7.66. The monoisotopic (exact) mass is 315 g/mol. The van der Waals surface area contributed by atoms with Crippen LogP contribution in [0.1, 0.15) is 43.0 Å². The van der Waals surface area contributed by atoms with E-state index in [0.29, 0.717) is 17.5 Å². The molecule has 1 aliphatic rings. The Morgan fingerprint density at radius 1 is 1.17 bits per heavy atom. The van der Waals surface area contributed by atoms with Gasteiger partial charge in [-0.25, -0.2) is 0 Å². The summed E-state index contributed by atoms with van der Waals surface area (Å²) in [5.74, 6) is 2.49. The van der Waals surface area contributed by atoms with Crippen molar-refractivity contribution in [3.63, 3.8) is 0 Å². The van der Waals surface area contributed by atoms with Gasteiger partial charge < -0.3 is 19.7 Å².